The number of hydrogen-bond donors (Lipinski definition) is 2. The maximum absolute atomic E-state index is 11.4. The number of aliphatic hydroxyl groups excluding tert-OH is 2. The van der Waals surface area contributed by atoms with Crippen LogP contribution >= 0.6 is 0 Å². The molecular formula is C21H37NO3. The standard InChI is InChI=1S/C21H37NO3/c1-5-6-12-18(2)17-20(24)14-10-8-7-9-13-19(23)15-11-16-21(25)22(3)4/h7-10,13-14,18-20,23-24H,5-6,11-12,15-17H2,1-4H3/b8-7-,13-9+,14-10+. The molecule has 4 nitrogen and oxygen atoms in total. The Kier molecular flexibility index (Phi) is 14.1. The number of hydrogen-bond acceptors (Lipinski definition) is 3. The highest BCUT2D eigenvalue weighted by Crippen LogP contribution is 2.14. The Morgan fingerprint density at radius 1 is 0.960 bits per heavy atom. The summed E-state index contributed by atoms with van der Waals surface area (Å²) in [4.78, 5) is 13.0. The Bertz CT molecular complexity index is 427. The van der Waals surface area contributed by atoms with E-state index in [1.807, 2.05) is 18.2 Å². The fourth-order valence-electron chi connectivity index (χ4n) is 2.46. The second-order valence-corrected chi connectivity index (χ2v) is 6.95. The van der Waals surface area contributed by atoms with Gasteiger partial charge in [0.15, 0.2) is 0 Å². The fraction of sp³-hybridized carbons (Fsp3) is 0.667. The second kappa shape index (κ2) is 14.9. The van der Waals surface area contributed by atoms with Crippen LogP contribution in [0.5, 0.6) is 0 Å². The fourth-order valence-corrected chi connectivity index (χ4v) is 2.46. The molecule has 2 N–H and O–H groups in total. The first-order valence-corrected chi connectivity index (χ1v) is 9.44. The van der Waals surface area contributed by atoms with Crippen LogP contribution in [0.4, 0.5) is 0 Å². The maximum atomic E-state index is 11.4. The van der Waals surface area contributed by atoms with E-state index in [1.54, 1.807) is 37.2 Å². The molecule has 0 radical (unpaired) electrons. The first kappa shape index (κ1) is 23.6. The Morgan fingerprint density at radius 2 is 1.56 bits per heavy atom. The van der Waals surface area contributed by atoms with E-state index >= 15 is 0 Å². The minimum Gasteiger partial charge on any atom is -0.389 e. The second-order valence-electron chi connectivity index (χ2n) is 6.95. The predicted molar refractivity (Wildman–Crippen MR) is 105 cm³/mol. The van der Waals surface area contributed by atoms with Crippen LogP contribution in [-0.2, 0) is 4.79 Å². The van der Waals surface area contributed by atoms with Gasteiger partial charge < -0.3 is 15.1 Å². The number of aliphatic hydroxyl groups is 2. The number of nitrogens with zero attached hydrogens (tertiary/aromatic N) is 1. The average molecular weight is 352 g/mol. The zero-order valence-electron chi connectivity index (χ0n) is 16.4. The highest BCUT2D eigenvalue weighted by atomic mass is 16.3. The van der Waals surface area contributed by atoms with Crippen molar-refractivity contribution in [3.63, 3.8) is 0 Å². The summed E-state index contributed by atoms with van der Waals surface area (Å²) >= 11 is 0. The molecule has 0 aliphatic carbocycles. The van der Waals surface area contributed by atoms with Crippen molar-refractivity contribution in [2.24, 2.45) is 5.92 Å². The van der Waals surface area contributed by atoms with E-state index < -0.39 is 12.2 Å². The highest BCUT2D eigenvalue weighted by Gasteiger charge is 2.07. The molecule has 25 heavy (non-hydrogen) atoms. The summed E-state index contributed by atoms with van der Waals surface area (Å²) in [7, 11) is 3.47. The molecule has 3 unspecified atom stereocenters. The van der Waals surface area contributed by atoms with Crippen LogP contribution in [0, 0.1) is 5.92 Å². The molecule has 0 heterocycles. The highest BCUT2D eigenvalue weighted by molar-refractivity contribution is 5.75. The molecule has 0 spiro atoms. The lowest BCUT2D eigenvalue weighted by Gasteiger charge is -2.12. The number of amides is 1. The largest absolute Gasteiger partial charge is 0.389 e. The summed E-state index contributed by atoms with van der Waals surface area (Å²) in [5.41, 5.74) is 0. The molecule has 0 fully saturated rings. The normalized spacial score (nSPS) is 15.9. The molecule has 0 aromatic carbocycles. The summed E-state index contributed by atoms with van der Waals surface area (Å²) in [6.45, 7) is 4.36. The van der Waals surface area contributed by atoms with Gasteiger partial charge in [-0.1, -0.05) is 69.6 Å². The van der Waals surface area contributed by atoms with E-state index in [0.29, 0.717) is 25.2 Å². The molecule has 0 saturated carbocycles. The smallest absolute Gasteiger partial charge is 0.222 e. The van der Waals surface area contributed by atoms with Crippen LogP contribution in [0.2, 0.25) is 0 Å². The van der Waals surface area contributed by atoms with Gasteiger partial charge in [-0.3, -0.25) is 4.79 Å². The third kappa shape index (κ3) is 14.6. The molecule has 0 rings (SSSR count). The average Bonchev–Trinajstić information content (AvgIpc) is 2.55. The van der Waals surface area contributed by atoms with Gasteiger partial charge in [0.05, 0.1) is 12.2 Å². The quantitative estimate of drug-likeness (QED) is 0.496. The van der Waals surface area contributed by atoms with E-state index in [1.165, 1.54) is 12.8 Å². The van der Waals surface area contributed by atoms with Crippen molar-refractivity contribution in [2.75, 3.05) is 14.1 Å². The van der Waals surface area contributed by atoms with Gasteiger partial charge in [0, 0.05) is 20.5 Å². The predicted octanol–water partition coefficient (Wildman–Crippen LogP) is 3.85. The van der Waals surface area contributed by atoms with Crippen LogP contribution < -0.4 is 0 Å². The first-order chi connectivity index (χ1) is 11.9. The van der Waals surface area contributed by atoms with Gasteiger partial charge in [0.2, 0.25) is 5.91 Å². The molecule has 0 saturated heterocycles. The van der Waals surface area contributed by atoms with Gasteiger partial charge >= 0.3 is 0 Å². The number of carbonyl (C=O) groups excluding carboxylic acids is 1. The Labute approximate surface area is 153 Å². The maximum Gasteiger partial charge on any atom is 0.222 e. The lowest BCUT2D eigenvalue weighted by Crippen LogP contribution is -2.21. The molecule has 0 aliphatic heterocycles. The molecule has 144 valence electrons. The number of carbonyl (C=O) groups is 1. The summed E-state index contributed by atoms with van der Waals surface area (Å²) < 4.78 is 0. The van der Waals surface area contributed by atoms with E-state index in [2.05, 4.69) is 13.8 Å². The molecule has 1 amide bonds. The monoisotopic (exact) mass is 351 g/mol. The molecule has 0 aliphatic rings. The van der Waals surface area contributed by atoms with Gasteiger partial charge in [-0.05, 0) is 25.2 Å². The summed E-state index contributed by atoms with van der Waals surface area (Å²) in [5.74, 6) is 0.627. The molecule has 3 atom stereocenters. The third-order valence-corrected chi connectivity index (χ3v) is 4.08. The van der Waals surface area contributed by atoms with E-state index in [9.17, 15) is 15.0 Å². The lowest BCUT2D eigenvalue weighted by molar-refractivity contribution is -0.128. The number of allylic oxidation sites excluding steroid dienone is 4. The zero-order chi connectivity index (χ0) is 19.1. The van der Waals surface area contributed by atoms with Gasteiger partial charge in [-0.15, -0.1) is 0 Å². The van der Waals surface area contributed by atoms with Crippen LogP contribution in [0.1, 0.15) is 58.8 Å². The van der Waals surface area contributed by atoms with Crippen molar-refractivity contribution in [3.05, 3.63) is 36.5 Å². The Morgan fingerprint density at radius 3 is 2.12 bits per heavy atom. The van der Waals surface area contributed by atoms with Crippen molar-refractivity contribution in [1.82, 2.24) is 4.90 Å². The first-order valence-electron chi connectivity index (χ1n) is 9.44. The molecular weight excluding hydrogens is 314 g/mol. The van der Waals surface area contributed by atoms with Crippen molar-refractivity contribution in [2.45, 2.75) is 71.0 Å². The van der Waals surface area contributed by atoms with Gasteiger partial charge in [0.1, 0.15) is 0 Å². The minimum atomic E-state index is -0.534. The van der Waals surface area contributed by atoms with Crippen LogP contribution in [0.25, 0.3) is 0 Å². The van der Waals surface area contributed by atoms with Gasteiger partial charge in [0.25, 0.3) is 0 Å². The minimum absolute atomic E-state index is 0.0868. The van der Waals surface area contributed by atoms with Crippen LogP contribution in [0.3, 0.4) is 0 Å². The number of unbranched alkanes of at least 4 members (excludes halogenated alkanes) is 1. The number of rotatable bonds is 13. The van der Waals surface area contributed by atoms with E-state index in [0.717, 1.165) is 12.8 Å². The molecule has 4 heteroatoms. The van der Waals surface area contributed by atoms with Gasteiger partial charge in [-0.2, -0.15) is 0 Å². The van der Waals surface area contributed by atoms with E-state index in [-0.39, 0.29) is 5.91 Å². The van der Waals surface area contributed by atoms with E-state index in [4.69, 9.17) is 0 Å². The Balaban J connectivity index is 3.93. The Hall–Kier alpha value is -1.39. The summed E-state index contributed by atoms with van der Waals surface area (Å²) in [5, 5.41) is 19.7. The zero-order valence-corrected chi connectivity index (χ0v) is 16.4. The van der Waals surface area contributed by atoms with Gasteiger partial charge in [-0.25, -0.2) is 0 Å². The lowest BCUT2D eigenvalue weighted by atomic mass is 9.97. The van der Waals surface area contributed by atoms with Crippen molar-refractivity contribution < 1.29 is 15.0 Å². The third-order valence-electron chi connectivity index (χ3n) is 4.08. The summed E-state index contributed by atoms with van der Waals surface area (Å²) in [6, 6.07) is 0. The summed E-state index contributed by atoms with van der Waals surface area (Å²) in [6.07, 6.45) is 16.0. The topological polar surface area (TPSA) is 60.8 Å². The van der Waals surface area contributed by atoms with Crippen LogP contribution in [0.15, 0.2) is 36.5 Å². The molecule has 0 bridgehead atoms. The van der Waals surface area contributed by atoms with Crippen LogP contribution in [-0.4, -0.2) is 47.3 Å². The SMILES string of the molecule is CCCCC(C)CC(O)/C=C/C=C\C=C\C(O)CCCC(=O)N(C)C. The van der Waals surface area contributed by atoms with Crippen molar-refractivity contribution >= 4 is 5.91 Å². The van der Waals surface area contributed by atoms with Crippen molar-refractivity contribution in [1.29, 1.82) is 0 Å². The molecule has 0 aromatic rings. The van der Waals surface area contributed by atoms with Crippen molar-refractivity contribution in [3.8, 4) is 0 Å². The molecule has 0 aromatic heterocycles.